The Kier molecular flexibility index (Phi) is 6.36. The van der Waals surface area contributed by atoms with Gasteiger partial charge in [0.2, 0.25) is 0 Å². The van der Waals surface area contributed by atoms with Crippen molar-refractivity contribution in [1.29, 1.82) is 0 Å². The molecule has 0 saturated carbocycles. The van der Waals surface area contributed by atoms with Crippen molar-refractivity contribution in [2.75, 3.05) is 13.1 Å². The van der Waals surface area contributed by atoms with Crippen LogP contribution in [0.15, 0.2) is 18.2 Å². The molecule has 2 atom stereocenters. The van der Waals surface area contributed by atoms with Gasteiger partial charge in [-0.3, -0.25) is 0 Å². The van der Waals surface area contributed by atoms with Gasteiger partial charge in [-0.05, 0) is 26.0 Å². The van der Waals surface area contributed by atoms with Gasteiger partial charge in [0.1, 0.15) is 18.2 Å². The van der Waals surface area contributed by atoms with Crippen molar-refractivity contribution in [3.05, 3.63) is 35.4 Å². The minimum atomic E-state index is -0.709. The summed E-state index contributed by atoms with van der Waals surface area (Å²) in [5.74, 6) is -1.42. The number of carbonyl (C=O) groups is 1. The number of nitrogens with one attached hydrogen (secondary N) is 1. The van der Waals surface area contributed by atoms with Crippen molar-refractivity contribution >= 4 is 18.5 Å². The molecule has 21 heavy (non-hydrogen) atoms. The number of amides is 1. The zero-order valence-corrected chi connectivity index (χ0v) is 12.8. The van der Waals surface area contributed by atoms with Crippen LogP contribution in [0.4, 0.5) is 13.6 Å². The normalized spacial score (nSPS) is 21.6. The Morgan fingerprint density at radius 3 is 2.33 bits per heavy atom. The van der Waals surface area contributed by atoms with E-state index in [9.17, 15) is 13.6 Å². The number of benzene rings is 1. The van der Waals surface area contributed by atoms with Crippen LogP contribution in [0.1, 0.15) is 19.4 Å². The van der Waals surface area contributed by atoms with Crippen LogP contribution in [-0.4, -0.2) is 36.2 Å². The topological polar surface area (TPSA) is 41.6 Å². The zero-order chi connectivity index (χ0) is 14.7. The Labute approximate surface area is 128 Å². The van der Waals surface area contributed by atoms with E-state index in [0.29, 0.717) is 13.1 Å². The average molecular weight is 321 g/mol. The number of piperazine rings is 1. The number of carbonyl (C=O) groups excluding carboxylic acids is 1. The first-order chi connectivity index (χ1) is 9.50. The van der Waals surface area contributed by atoms with Gasteiger partial charge in [-0.25, -0.2) is 13.6 Å². The van der Waals surface area contributed by atoms with E-state index in [1.807, 2.05) is 13.8 Å². The van der Waals surface area contributed by atoms with Crippen LogP contribution in [0.5, 0.6) is 0 Å². The van der Waals surface area contributed by atoms with Gasteiger partial charge in [0.15, 0.2) is 0 Å². The van der Waals surface area contributed by atoms with Crippen LogP contribution < -0.4 is 5.32 Å². The zero-order valence-electron chi connectivity index (χ0n) is 11.9. The Morgan fingerprint density at radius 2 is 1.81 bits per heavy atom. The summed E-state index contributed by atoms with van der Waals surface area (Å²) in [5, 5.41) is 3.19. The molecule has 4 nitrogen and oxygen atoms in total. The van der Waals surface area contributed by atoms with Gasteiger partial charge in [-0.15, -0.1) is 12.4 Å². The number of ether oxygens (including phenoxy) is 1. The molecule has 0 aromatic heterocycles. The molecule has 1 heterocycles. The highest BCUT2D eigenvalue weighted by atomic mass is 35.5. The van der Waals surface area contributed by atoms with Gasteiger partial charge in [0.05, 0.1) is 5.56 Å². The molecule has 1 fully saturated rings. The third-order valence-corrected chi connectivity index (χ3v) is 3.44. The SMILES string of the molecule is CC1CNCC(C)N1C(=O)OCc1c(F)cccc1F.Cl. The van der Waals surface area contributed by atoms with Crippen LogP contribution in [0.25, 0.3) is 0 Å². The Balaban J connectivity index is 0.00000220. The molecule has 0 bridgehead atoms. The molecule has 1 aliphatic heterocycles. The molecule has 0 radical (unpaired) electrons. The largest absolute Gasteiger partial charge is 0.444 e. The fraction of sp³-hybridized carbons (Fsp3) is 0.500. The van der Waals surface area contributed by atoms with Crippen LogP contribution in [0.3, 0.4) is 0 Å². The van der Waals surface area contributed by atoms with Crippen molar-refractivity contribution < 1.29 is 18.3 Å². The second-order valence-corrected chi connectivity index (χ2v) is 5.02. The van der Waals surface area contributed by atoms with Crippen LogP contribution in [-0.2, 0) is 11.3 Å². The van der Waals surface area contributed by atoms with Crippen molar-refractivity contribution in [3.8, 4) is 0 Å². The number of nitrogens with zero attached hydrogens (tertiary/aromatic N) is 1. The van der Waals surface area contributed by atoms with Crippen LogP contribution >= 0.6 is 12.4 Å². The van der Waals surface area contributed by atoms with Gasteiger partial charge in [-0.2, -0.15) is 0 Å². The minimum absolute atomic E-state index is 0. The fourth-order valence-electron chi connectivity index (χ4n) is 2.37. The van der Waals surface area contributed by atoms with Crippen molar-refractivity contribution in [2.45, 2.75) is 32.5 Å². The van der Waals surface area contributed by atoms with E-state index in [2.05, 4.69) is 5.32 Å². The number of hydrogen-bond donors (Lipinski definition) is 1. The lowest BCUT2D eigenvalue weighted by Gasteiger charge is -2.38. The summed E-state index contributed by atoms with van der Waals surface area (Å²) in [6.07, 6.45) is -0.547. The maximum absolute atomic E-state index is 13.4. The molecule has 1 aliphatic rings. The maximum Gasteiger partial charge on any atom is 0.410 e. The maximum atomic E-state index is 13.4. The van der Waals surface area contributed by atoms with E-state index >= 15 is 0 Å². The average Bonchev–Trinajstić information content (AvgIpc) is 2.38. The van der Waals surface area contributed by atoms with E-state index in [4.69, 9.17) is 4.74 Å². The molecule has 1 aromatic rings. The van der Waals surface area contributed by atoms with Gasteiger partial charge in [0, 0.05) is 25.2 Å². The highest BCUT2D eigenvalue weighted by Crippen LogP contribution is 2.16. The first kappa shape index (κ1) is 17.7. The summed E-state index contributed by atoms with van der Waals surface area (Å²) < 4.78 is 31.9. The standard InChI is InChI=1S/C14H18F2N2O2.ClH/c1-9-6-17-7-10(2)18(9)14(19)20-8-11-12(15)4-3-5-13(11)16;/h3-5,9-10,17H,6-8H2,1-2H3;1H. The third-order valence-electron chi connectivity index (χ3n) is 3.44. The molecule has 1 aromatic carbocycles. The highest BCUT2D eigenvalue weighted by Gasteiger charge is 2.30. The minimum Gasteiger partial charge on any atom is -0.444 e. The van der Waals surface area contributed by atoms with Crippen molar-refractivity contribution in [2.24, 2.45) is 0 Å². The summed E-state index contributed by atoms with van der Waals surface area (Å²) in [4.78, 5) is 13.6. The lowest BCUT2D eigenvalue weighted by atomic mass is 10.1. The quantitative estimate of drug-likeness (QED) is 0.911. The highest BCUT2D eigenvalue weighted by molar-refractivity contribution is 5.85. The molecule has 1 N–H and O–H groups in total. The smallest absolute Gasteiger partial charge is 0.410 e. The molecule has 7 heteroatoms. The summed E-state index contributed by atoms with van der Waals surface area (Å²) in [6.45, 7) is 4.74. The van der Waals surface area contributed by atoms with E-state index in [-0.39, 0.29) is 30.1 Å². The second kappa shape index (κ2) is 7.56. The number of halogens is 3. The van der Waals surface area contributed by atoms with E-state index in [0.717, 1.165) is 12.1 Å². The molecule has 118 valence electrons. The molecule has 0 aliphatic carbocycles. The van der Waals surface area contributed by atoms with E-state index < -0.39 is 24.3 Å². The first-order valence-electron chi connectivity index (χ1n) is 6.59. The number of hydrogen-bond acceptors (Lipinski definition) is 3. The first-order valence-corrected chi connectivity index (χ1v) is 6.59. The fourth-order valence-corrected chi connectivity index (χ4v) is 2.37. The lowest BCUT2D eigenvalue weighted by Crippen LogP contribution is -2.57. The molecule has 2 rings (SSSR count). The van der Waals surface area contributed by atoms with Gasteiger partial charge >= 0.3 is 6.09 Å². The predicted molar refractivity (Wildman–Crippen MR) is 77.4 cm³/mol. The van der Waals surface area contributed by atoms with Crippen LogP contribution in [0, 0.1) is 11.6 Å². The van der Waals surface area contributed by atoms with Gasteiger partial charge in [0.25, 0.3) is 0 Å². The summed E-state index contributed by atoms with van der Waals surface area (Å²) in [6, 6.07) is 3.52. The summed E-state index contributed by atoms with van der Waals surface area (Å²) >= 11 is 0. The predicted octanol–water partition coefficient (Wildman–Crippen LogP) is 2.71. The van der Waals surface area contributed by atoms with E-state index in [1.165, 1.54) is 6.07 Å². The molecular weight excluding hydrogens is 302 g/mol. The Morgan fingerprint density at radius 1 is 1.29 bits per heavy atom. The third kappa shape index (κ3) is 4.04. The van der Waals surface area contributed by atoms with Crippen molar-refractivity contribution in [3.63, 3.8) is 0 Å². The monoisotopic (exact) mass is 320 g/mol. The summed E-state index contributed by atoms with van der Waals surface area (Å²) in [5.41, 5.74) is -0.226. The molecule has 1 amide bonds. The van der Waals surface area contributed by atoms with E-state index in [1.54, 1.807) is 4.90 Å². The second-order valence-electron chi connectivity index (χ2n) is 5.02. The van der Waals surface area contributed by atoms with Gasteiger partial charge < -0.3 is 15.0 Å². The Bertz CT molecular complexity index is 472. The molecular formula is C14H19ClF2N2O2. The number of rotatable bonds is 2. The summed E-state index contributed by atoms with van der Waals surface area (Å²) in [7, 11) is 0. The van der Waals surface area contributed by atoms with Gasteiger partial charge in [-0.1, -0.05) is 6.07 Å². The molecule has 2 unspecified atom stereocenters. The lowest BCUT2D eigenvalue weighted by molar-refractivity contribution is 0.0552. The van der Waals surface area contributed by atoms with Crippen LogP contribution in [0.2, 0.25) is 0 Å². The Hall–Kier alpha value is -1.40. The molecule has 0 spiro atoms. The molecule has 1 saturated heterocycles. The van der Waals surface area contributed by atoms with Crippen molar-refractivity contribution in [1.82, 2.24) is 10.2 Å².